The highest BCUT2D eigenvalue weighted by Crippen LogP contribution is 2.78. The molecule has 3 atom stereocenters. The normalized spacial score (nSPS) is 27.3. The quantitative estimate of drug-likeness (QED) is 0.288. The topological polar surface area (TPSA) is 69.7 Å². The molecule has 1 aliphatic heterocycles. The van der Waals surface area contributed by atoms with Crippen LogP contribution in [0.4, 0.5) is 0 Å². The third kappa shape index (κ3) is 2.34. The Labute approximate surface area is 175 Å². The molecule has 2 aromatic rings. The summed E-state index contributed by atoms with van der Waals surface area (Å²) in [5.74, 6) is -2.13. The van der Waals surface area contributed by atoms with Crippen LogP contribution in [0, 0.1) is 10.8 Å². The van der Waals surface area contributed by atoms with E-state index in [0.717, 1.165) is 4.47 Å². The summed E-state index contributed by atoms with van der Waals surface area (Å²) in [4.78, 5) is 39.5. The predicted octanol–water partition coefficient (Wildman–Crippen LogP) is 4.56. The van der Waals surface area contributed by atoms with E-state index < -0.39 is 28.7 Å². The molecule has 0 amide bonds. The summed E-state index contributed by atoms with van der Waals surface area (Å²) in [6.07, 6.45) is 0. The zero-order valence-electron chi connectivity index (χ0n) is 15.1. The van der Waals surface area contributed by atoms with Gasteiger partial charge in [0.15, 0.2) is 11.2 Å². The molecule has 1 aliphatic carbocycles. The fourth-order valence-electron chi connectivity index (χ4n) is 4.38. The van der Waals surface area contributed by atoms with Gasteiger partial charge in [-0.3, -0.25) is 14.4 Å². The number of fused-ring (bicyclic) bond motifs is 3. The van der Waals surface area contributed by atoms with Gasteiger partial charge in [0.2, 0.25) is 0 Å². The second kappa shape index (κ2) is 6.42. The van der Waals surface area contributed by atoms with Gasteiger partial charge in [-0.05, 0) is 56.3 Å². The SMILES string of the molecule is CCOC(=O)[C@]12C(=O)Oc3ccc(Br)cc3[C@H]1[C@]2(C)C(=O)c1ccc(Cl)cc1. The zero-order valence-corrected chi connectivity index (χ0v) is 17.5. The van der Waals surface area contributed by atoms with Crippen LogP contribution in [-0.2, 0) is 14.3 Å². The van der Waals surface area contributed by atoms with Crippen molar-refractivity contribution in [2.75, 3.05) is 6.61 Å². The maximum Gasteiger partial charge on any atom is 0.330 e. The Morgan fingerprint density at radius 2 is 1.89 bits per heavy atom. The average Bonchev–Trinajstić information content (AvgIpc) is 3.26. The van der Waals surface area contributed by atoms with Gasteiger partial charge in [-0.1, -0.05) is 27.5 Å². The molecule has 0 aromatic heterocycles. The number of carbonyl (C=O) groups excluding carboxylic acids is 3. The molecule has 0 saturated heterocycles. The first-order chi connectivity index (χ1) is 13.3. The summed E-state index contributed by atoms with van der Waals surface area (Å²) in [5, 5.41) is 0.490. The van der Waals surface area contributed by atoms with Crippen LogP contribution in [0.1, 0.15) is 35.7 Å². The van der Waals surface area contributed by atoms with Gasteiger partial charge in [-0.2, -0.15) is 0 Å². The predicted molar refractivity (Wildman–Crippen MR) is 105 cm³/mol. The van der Waals surface area contributed by atoms with Crippen molar-refractivity contribution in [2.45, 2.75) is 19.8 Å². The fourth-order valence-corrected chi connectivity index (χ4v) is 4.89. The van der Waals surface area contributed by atoms with Gasteiger partial charge >= 0.3 is 11.9 Å². The van der Waals surface area contributed by atoms with E-state index >= 15 is 0 Å². The van der Waals surface area contributed by atoms with Gasteiger partial charge in [-0.25, -0.2) is 0 Å². The molecule has 7 heteroatoms. The highest BCUT2D eigenvalue weighted by atomic mass is 79.9. The standard InChI is InChI=1S/C21H16BrClO5/c1-3-27-18(25)21-16(14-10-12(22)6-9-15(14)28-19(21)26)20(21,2)17(24)11-4-7-13(23)8-5-11/h4-10,16H,3H2,1-2H3/t16-,20+,21-/m0/s1. The Kier molecular flexibility index (Phi) is 4.39. The Hall–Kier alpha value is -2.18. The lowest BCUT2D eigenvalue weighted by molar-refractivity contribution is -0.162. The van der Waals surface area contributed by atoms with Crippen LogP contribution in [0.25, 0.3) is 0 Å². The number of benzene rings is 2. The number of hydrogen-bond acceptors (Lipinski definition) is 5. The van der Waals surface area contributed by atoms with E-state index in [-0.39, 0.29) is 12.4 Å². The fraction of sp³-hybridized carbons (Fsp3) is 0.286. The monoisotopic (exact) mass is 462 g/mol. The summed E-state index contributed by atoms with van der Waals surface area (Å²) in [6, 6.07) is 11.6. The molecule has 5 nitrogen and oxygen atoms in total. The Bertz CT molecular complexity index is 1020. The number of ketones is 1. The largest absolute Gasteiger partial charge is 0.465 e. The molecule has 0 bridgehead atoms. The van der Waals surface area contributed by atoms with Gasteiger partial charge in [0.25, 0.3) is 0 Å². The van der Waals surface area contributed by atoms with E-state index in [0.29, 0.717) is 21.9 Å². The van der Waals surface area contributed by atoms with Gasteiger partial charge in [0, 0.05) is 26.5 Å². The van der Waals surface area contributed by atoms with Crippen LogP contribution in [-0.4, -0.2) is 24.3 Å². The van der Waals surface area contributed by atoms with Crippen LogP contribution < -0.4 is 4.74 Å². The Balaban J connectivity index is 1.90. The van der Waals surface area contributed by atoms with Crippen molar-refractivity contribution in [2.24, 2.45) is 10.8 Å². The molecule has 28 heavy (non-hydrogen) atoms. The molecule has 1 fully saturated rings. The van der Waals surface area contributed by atoms with Gasteiger partial charge in [-0.15, -0.1) is 0 Å². The summed E-state index contributed by atoms with van der Waals surface area (Å²) >= 11 is 9.34. The summed E-state index contributed by atoms with van der Waals surface area (Å²) in [7, 11) is 0. The average molecular weight is 464 g/mol. The summed E-state index contributed by atoms with van der Waals surface area (Å²) < 4.78 is 11.5. The first-order valence-electron chi connectivity index (χ1n) is 8.77. The second-order valence-corrected chi connectivity index (χ2v) is 8.42. The highest BCUT2D eigenvalue weighted by Gasteiger charge is 2.89. The minimum absolute atomic E-state index is 0.0944. The molecule has 0 radical (unpaired) electrons. The molecule has 4 rings (SSSR count). The van der Waals surface area contributed by atoms with E-state index in [2.05, 4.69) is 15.9 Å². The molecule has 1 heterocycles. The van der Waals surface area contributed by atoms with Crippen LogP contribution in [0.3, 0.4) is 0 Å². The van der Waals surface area contributed by atoms with Crippen molar-refractivity contribution in [3.05, 3.63) is 63.1 Å². The zero-order chi connectivity index (χ0) is 20.3. The molecule has 2 aromatic carbocycles. The number of rotatable bonds is 4. The number of hydrogen-bond donors (Lipinski definition) is 0. The molecular formula is C21H16BrClO5. The summed E-state index contributed by atoms with van der Waals surface area (Å²) in [6.45, 7) is 3.38. The number of esters is 2. The maximum absolute atomic E-state index is 13.5. The maximum atomic E-state index is 13.5. The minimum atomic E-state index is -1.70. The number of ether oxygens (including phenoxy) is 2. The van der Waals surface area contributed by atoms with Crippen LogP contribution in [0.2, 0.25) is 5.02 Å². The van der Waals surface area contributed by atoms with Crippen molar-refractivity contribution in [3.8, 4) is 5.75 Å². The Morgan fingerprint density at radius 3 is 2.54 bits per heavy atom. The van der Waals surface area contributed by atoms with E-state index in [4.69, 9.17) is 21.1 Å². The number of halogens is 2. The molecule has 2 aliphatic rings. The third-order valence-corrected chi connectivity index (χ3v) is 6.47. The molecule has 0 N–H and O–H groups in total. The number of Topliss-reactive ketones (excluding diaryl/α,β-unsaturated/α-hetero) is 1. The Morgan fingerprint density at radius 1 is 1.21 bits per heavy atom. The molecule has 0 spiro atoms. The molecule has 144 valence electrons. The van der Waals surface area contributed by atoms with E-state index in [1.165, 1.54) is 0 Å². The van der Waals surface area contributed by atoms with Crippen molar-refractivity contribution in [3.63, 3.8) is 0 Å². The van der Waals surface area contributed by atoms with Crippen molar-refractivity contribution in [1.29, 1.82) is 0 Å². The van der Waals surface area contributed by atoms with E-state index in [9.17, 15) is 14.4 Å². The number of carbonyl (C=O) groups is 3. The lowest BCUT2D eigenvalue weighted by Crippen LogP contribution is -2.40. The highest BCUT2D eigenvalue weighted by molar-refractivity contribution is 9.10. The molecular weight excluding hydrogens is 448 g/mol. The van der Waals surface area contributed by atoms with Crippen molar-refractivity contribution >= 4 is 45.3 Å². The van der Waals surface area contributed by atoms with E-state index in [1.54, 1.807) is 56.3 Å². The smallest absolute Gasteiger partial charge is 0.330 e. The van der Waals surface area contributed by atoms with Crippen molar-refractivity contribution < 1.29 is 23.9 Å². The van der Waals surface area contributed by atoms with Crippen LogP contribution in [0.15, 0.2) is 46.9 Å². The van der Waals surface area contributed by atoms with Crippen LogP contribution >= 0.6 is 27.5 Å². The minimum Gasteiger partial charge on any atom is -0.465 e. The van der Waals surface area contributed by atoms with E-state index in [1.807, 2.05) is 0 Å². The second-order valence-electron chi connectivity index (χ2n) is 7.07. The van der Waals surface area contributed by atoms with Gasteiger partial charge in [0.05, 0.1) is 12.0 Å². The van der Waals surface area contributed by atoms with Gasteiger partial charge < -0.3 is 9.47 Å². The lowest BCUT2D eigenvalue weighted by atomic mass is 9.87. The first-order valence-corrected chi connectivity index (χ1v) is 9.94. The third-order valence-electron chi connectivity index (χ3n) is 5.73. The first kappa shape index (κ1) is 19.2. The molecule has 1 saturated carbocycles. The van der Waals surface area contributed by atoms with Gasteiger partial charge in [0.1, 0.15) is 5.75 Å². The molecule has 0 unspecified atom stereocenters. The van der Waals surface area contributed by atoms with Crippen LogP contribution in [0.5, 0.6) is 5.75 Å². The lowest BCUT2D eigenvalue weighted by Gasteiger charge is -2.22. The summed E-state index contributed by atoms with van der Waals surface area (Å²) in [5.41, 5.74) is -2.02. The van der Waals surface area contributed by atoms with Crippen molar-refractivity contribution in [1.82, 2.24) is 0 Å².